The molecule has 2 atom stereocenters. The van der Waals surface area contributed by atoms with Crippen molar-refractivity contribution in [3.05, 3.63) is 54.1 Å². The number of para-hydroxylation sites is 2. The maximum Gasteiger partial charge on any atom is 0.329 e. The van der Waals surface area contributed by atoms with Crippen LogP contribution in [0.4, 0.5) is 5.69 Å². The zero-order chi connectivity index (χ0) is 23.7. The Hall–Kier alpha value is -3.55. The van der Waals surface area contributed by atoms with Crippen LogP contribution in [-0.4, -0.2) is 43.6 Å². The second-order valence-electron chi connectivity index (χ2n) is 7.42. The molecule has 0 aliphatic rings. The van der Waals surface area contributed by atoms with Crippen molar-refractivity contribution < 1.29 is 28.6 Å². The zero-order valence-corrected chi connectivity index (χ0v) is 19.0. The van der Waals surface area contributed by atoms with Gasteiger partial charge in [-0.1, -0.05) is 26.0 Å². The minimum absolute atomic E-state index is 0.251. The summed E-state index contributed by atoms with van der Waals surface area (Å²) in [6, 6.07) is 12.6. The maximum atomic E-state index is 12.7. The van der Waals surface area contributed by atoms with Crippen LogP contribution in [0.15, 0.2) is 48.5 Å². The molecule has 0 fully saturated rings. The van der Waals surface area contributed by atoms with Gasteiger partial charge in [-0.15, -0.1) is 0 Å². The lowest BCUT2D eigenvalue weighted by molar-refractivity contribution is -0.156. The highest BCUT2D eigenvalue weighted by Gasteiger charge is 2.29. The van der Waals surface area contributed by atoms with Crippen LogP contribution in [0.1, 0.15) is 38.1 Å². The van der Waals surface area contributed by atoms with E-state index in [2.05, 4.69) is 10.6 Å². The lowest BCUT2D eigenvalue weighted by Gasteiger charge is -2.23. The Labute approximate surface area is 188 Å². The molecule has 2 aromatic rings. The van der Waals surface area contributed by atoms with Crippen molar-refractivity contribution in [1.82, 2.24) is 5.32 Å². The lowest BCUT2D eigenvalue weighted by atomic mass is 10.0. The number of hydrogen-bond donors (Lipinski definition) is 2. The molecule has 0 spiro atoms. The van der Waals surface area contributed by atoms with Gasteiger partial charge < -0.3 is 24.8 Å². The summed E-state index contributed by atoms with van der Waals surface area (Å²) in [4.78, 5) is 37.8. The van der Waals surface area contributed by atoms with E-state index < -0.39 is 29.9 Å². The topological polar surface area (TPSA) is 103 Å². The average molecular weight is 443 g/mol. The summed E-state index contributed by atoms with van der Waals surface area (Å²) in [6.45, 7) is 7.43. The maximum absolute atomic E-state index is 12.7. The predicted octanol–water partition coefficient (Wildman–Crippen LogP) is 3.42. The van der Waals surface area contributed by atoms with Crippen LogP contribution >= 0.6 is 0 Å². The first-order valence-electron chi connectivity index (χ1n) is 10.4. The number of nitrogens with one attached hydrogen (secondary N) is 2. The van der Waals surface area contributed by atoms with E-state index in [0.29, 0.717) is 29.4 Å². The highest BCUT2D eigenvalue weighted by atomic mass is 16.5. The van der Waals surface area contributed by atoms with E-state index in [-0.39, 0.29) is 5.92 Å². The first-order chi connectivity index (χ1) is 15.3. The first kappa shape index (κ1) is 24.7. The van der Waals surface area contributed by atoms with Crippen molar-refractivity contribution in [2.24, 2.45) is 5.92 Å². The van der Waals surface area contributed by atoms with Crippen LogP contribution in [0.3, 0.4) is 0 Å². The van der Waals surface area contributed by atoms with Crippen LogP contribution in [0, 0.1) is 5.92 Å². The Morgan fingerprint density at radius 2 is 1.62 bits per heavy atom. The molecule has 0 saturated heterocycles. The number of benzene rings is 2. The second-order valence-corrected chi connectivity index (χ2v) is 7.42. The number of rotatable bonds is 10. The molecule has 32 heavy (non-hydrogen) atoms. The van der Waals surface area contributed by atoms with Gasteiger partial charge in [0.15, 0.2) is 6.10 Å². The Bertz CT molecular complexity index is 926. The Balaban J connectivity index is 2.01. The van der Waals surface area contributed by atoms with E-state index in [1.165, 1.54) is 14.0 Å². The van der Waals surface area contributed by atoms with Crippen molar-refractivity contribution in [2.75, 3.05) is 19.0 Å². The molecular formula is C24H30N2O6. The van der Waals surface area contributed by atoms with E-state index in [4.69, 9.17) is 14.2 Å². The summed E-state index contributed by atoms with van der Waals surface area (Å²) in [5.41, 5.74) is 0.848. The quantitative estimate of drug-likeness (QED) is 0.547. The van der Waals surface area contributed by atoms with Crippen LogP contribution < -0.4 is 20.1 Å². The molecule has 172 valence electrons. The molecule has 0 saturated carbocycles. The Kier molecular flexibility index (Phi) is 9.07. The predicted molar refractivity (Wildman–Crippen MR) is 121 cm³/mol. The van der Waals surface area contributed by atoms with Gasteiger partial charge in [-0.3, -0.25) is 9.59 Å². The number of carbonyl (C=O) groups is 3. The van der Waals surface area contributed by atoms with Crippen LogP contribution in [0.5, 0.6) is 11.5 Å². The van der Waals surface area contributed by atoms with Crippen molar-refractivity contribution in [3.8, 4) is 11.5 Å². The van der Waals surface area contributed by atoms with Gasteiger partial charge in [0, 0.05) is 5.56 Å². The van der Waals surface area contributed by atoms with E-state index in [0.717, 1.165) is 0 Å². The number of methoxy groups -OCH3 is 1. The largest absolute Gasteiger partial charge is 0.495 e. The summed E-state index contributed by atoms with van der Waals surface area (Å²) in [5.74, 6) is -0.737. The van der Waals surface area contributed by atoms with Crippen LogP contribution in [-0.2, 0) is 14.3 Å². The van der Waals surface area contributed by atoms with E-state index in [1.807, 2.05) is 6.92 Å². The summed E-state index contributed by atoms with van der Waals surface area (Å²) in [7, 11) is 1.49. The number of ether oxygens (including phenoxy) is 3. The molecule has 0 aromatic heterocycles. The fourth-order valence-corrected chi connectivity index (χ4v) is 2.87. The Morgan fingerprint density at radius 3 is 2.22 bits per heavy atom. The van der Waals surface area contributed by atoms with Crippen molar-refractivity contribution >= 4 is 23.5 Å². The molecule has 2 unspecified atom stereocenters. The molecule has 0 radical (unpaired) electrons. The molecule has 0 bridgehead atoms. The third-order valence-corrected chi connectivity index (χ3v) is 4.66. The van der Waals surface area contributed by atoms with Crippen LogP contribution in [0.2, 0.25) is 0 Å². The highest BCUT2D eigenvalue weighted by Crippen LogP contribution is 2.23. The third-order valence-electron chi connectivity index (χ3n) is 4.66. The van der Waals surface area contributed by atoms with E-state index in [9.17, 15) is 14.4 Å². The van der Waals surface area contributed by atoms with Gasteiger partial charge in [0.1, 0.15) is 17.5 Å². The molecule has 0 aliphatic heterocycles. The first-order valence-corrected chi connectivity index (χ1v) is 10.4. The lowest BCUT2D eigenvalue weighted by Crippen LogP contribution is -2.47. The van der Waals surface area contributed by atoms with Crippen LogP contribution in [0.25, 0.3) is 0 Å². The fraction of sp³-hybridized carbons (Fsp3) is 0.375. The SMILES string of the molecule is CCOc1ccc(C(=O)NC(C(=O)OC(C)C(=O)Nc2ccccc2OC)C(C)C)cc1. The molecule has 0 heterocycles. The second kappa shape index (κ2) is 11.7. The molecule has 8 heteroatoms. The van der Waals surface area contributed by atoms with E-state index >= 15 is 0 Å². The van der Waals surface area contributed by atoms with E-state index in [1.54, 1.807) is 62.4 Å². The summed E-state index contributed by atoms with van der Waals surface area (Å²) < 4.78 is 15.9. The van der Waals surface area contributed by atoms with Gasteiger partial charge in [-0.25, -0.2) is 4.79 Å². The number of carbonyl (C=O) groups excluding carboxylic acids is 3. The summed E-state index contributed by atoms with van der Waals surface area (Å²) >= 11 is 0. The number of anilines is 1. The standard InChI is InChI=1S/C24H30N2O6/c1-6-31-18-13-11-17(12-14-18)23(28)26-21(15(2)3)24(29)32-16(4)22(27)25-19-9-7-8-10-20(19)30-5/h7-16,21H,6H2,1-5H3,(H,25,27)(H,26,28). The molecule has 2 aromatic carbocycles. The fourth-order valence-electron chi connectivity index (χ4n) is 2.87. The number of hydrogen-bond acceptors (Lipinski definition) is 6. The normalized spacial score (nSPS) is 12.4. The molecule has 2 N–H and O–H groups in total. The van der Waals surface area contributed by atoms with Crippen molar-refractivity contribution in [3.63, 3.8) is 0 Å². The average Bonchev–Trinajstić information content (AvgIpc) is 2.77. The molecule has 8 nitrogen and oxygen atoms in total. The Morgan fingerprint density at radius 1 is 0.969 bits per heavy atom. The van der Waals surface area contributed by atoms with Gasteiger partial charge in [0.05, 0.1) is 19.4 Å². The van der Waals surface area contributed by atoms with Gasteiger partial charge in [0.2, 0.25) is 0 Å². The van der Waals surface area contributed by atoms with Crippen molar-refractivity contribution in [2.45, 2.75) is 39.8 Å². The smallest absolute Gasteiger partial charge is 0.329 e. The van der Waals surface area contributed by atoms with Gasteiger partial charge in [-0.2, -0.15) is 0 Å². The summed E-state index contributed by atoms with van der Waals surface area (Å²) in [6.07, 6.45) is -1.07. The monoisotopic (exact) mass is 442 g/mol. The minimum atomic E-state index is -1.07. The number of esters is 1. The molecule has 2 amide bonds. The molecule has 2 rings (SSSR count). The minimum Gasteiger partial charge on any atom is -0.495 e. The molecular weight excluding hydrogens is 412 g/mol. The third kappa shape index (κ3) is 6.73. The van der Waals surface area contributed by atoms with Gasteiger partial charge in [0.25, 0.3) is 11.8 Å². The van der Waals surface area contributed by atoms with Gasteiger partial charge in [-0.05, 0) is 56.2 Å². The zero-order valence-electron chi connectivity index (χ0n) is 19.0. The highest BCUT2D eigenvalue weighted by molar-refractivity contribution is 5.98. The number of amides is 2. The van der Waals surface area contributed by atoms with Crippen molar-refractivity contribution in [1.29, 1.82) is 0 Å². The molecule has 0 aliphatic carbocycles. The summed E-state index contributed by atoms with van der Waals surface area (Å²) in [5, 5.41) is 5.37. The van der Waals surface area contributed by atoms with Gasteiger partial charge >= 0.3 is 5.97 Å².